The van der Waals surface area contributed by atoms with Crippen LogP contribution in [0.5, 0.6) is 0 Å². The van der Waals surface area contributed by atoms with Crippen molar-refractivity contribution in [2.45, 2.75) is 45.9 Å². The third-order valence-electron chi connectivity index (χ3n) is 5.68. The molecule has 1 aromatic carbocycles. The van der Waals surface area contributed by atoms with Crippen LogP contribution < -0.4 is 5.32 Å². The Hall–Kier alpha value is -3.52. The Bertz CT molecular complexity index is 1100. The summed E-state index contributed by atoms with van der Waals surface area (Å²) in [5.74, 6) is 0.491. The van der Waals surface area contributed by atoms with E-state index in [2.05, 4.69) is 15.4 Å². The molecule has 4 rings (SSSR count). The molecule has 8 heteroatoms. The summed E-state index contributed by atoms with van der Waals surface area (Å²) in [4.78, 5) is 31.8. The molecule has 0 spiro atoms. The summed E-state index contributed by atoms with van der Waals surface area (Å²) in [7, 11) is 0. The van der Waals surface area contributed by atoms with Crippen molar-refractivity contribution in [2.24, 2.45) is 0 Å². The number of ether oxygens (including phenoxy) is 1. The maximum absolute atomic E-state index is 12.8. The predicted molar refractivity (Wildman–Crippen MR) is 124 cm³/mol. The zero-order valence-corrected chi connectivity index (χ0v) is 19.2. The molecule has 2 amide bonds. The minimum atomic E-state index is -0.189. The molecular formula is C25H29N5O3. The number of carbonyl (C=O) groups excluding carboxylic acids is 2. The van der Waals surface area contributed by atoms with Crippen molar-refractivity contribution in [1.29, 1.82) is 0 Å². The van der Waals surface area contributed by atoms with Crippen molar-refractivity contribution < 1.29 is 14.3 Å². The van der Waals surface area contributed by atoms with E-state index in [1.165, 1.54) is 0 Å². The van der Waals surface area contributed by atoms with Crippen molar-refractivity contribution >= 4 is 11.8 Å². The predicted octanol–water partition coefficient (Wildman–Crippen LogP) is 3.01. The van der Waals surface area contributed by atoms with Crippen LogP contribution in [0.25, 0.3) is 5.82 Å². The highest BCUT2D eigenvalue weighted by molar-refractivity contribution is 5.95. The molecule has 1 aliphatic heterocycles. The summed E-state index contributed by atoms with van der Waals surface area (Å²) >= 11 is 0. The first-order valence-corrected chi connectivity index (χ1v) is 11.3. The molecule has 0 bridgehead atoms. The summed E-state index contributed by atoms with van der Waals surface area (Å²) in [5, 5.41) is 7.32. The van der Waals surface area contributed by atoms with Gasteiger partial charge in [-0.2, -0.15) is 5.10 Å². The van der Waals surface area contributed by atoms with Gasteiger partial charge in [0.15, 0.2) is 5.82 Å². The zero-order valence-electron chi connectivity index (χ0n) is 19.2. The quantitative estimate of drug-likeness (QED) is 0.628. The molecule has 8 nitrogen and oxygen atoms in total. The Morgan fingerprint density at radius 1 is 1.09 bits per heavy atom. The fourth-order valence-corrected chi connectivity index (χ4v) is 4.15. The van der Waals surface area contributed by atoms with Gasteiger partial charge in [-0.3, -0.25) is 9.59 Å². The Kier molecular flexibility index (Phi) is 6.84. The molecular weight excluding hydrogens is 418 g/mol. The van der Waals surface area contributed by atoms with Gasteiger partial charge in [-0.05, 0) is 50.1 Å². The van der Waals surface area contributed by atoms with Gasteiger partial charge in [-0.1, -0.05) is 25.1 Å². The van der Waals surface area contributed by atoms with Crippen molar-refractivity contribution in [3.05, 3.63) is 77.2 Å². The van der Waals surface area contributed by atoms with Gasteiger partial charge in [-0.15, -0.1) is 0 Å². The average molecular weight is 448 g/mol. The monoisotopic (exact) mass is 447 g/mol. The maximum Gasteiger partial charge on any atom is 0.255 e. The molecule has 1 saturated heterocycles. The lowest BCUT2D eigenvalue weighted by Gasteiger charge is -2.35. The van der Waals surface area contributed by atoms with Crippen LogP contribution in [0.1, 0.15) is 52.7 Å². The summed E-state index contributed by atoms with van der Waals surface area (Å²) in [6, 6.07) is 13.0. The van der Waals surface area contributed by atoms with E-state index in [-0.39, 0.29) is 24.0 Å². The van der Waals surface area contributed by atoms with Crippen LogP contribution in [0.15, 0.2) is 54.9 Å². The molecule has 1 aliphatic rings. The van der Waals surface area contributed by atoms with Crippen molar-refractivity contribution in [3.63, 3.8) is 0 Å². The number of rotatable bonds is 6. The smallest absolute Gasteiger partial charge is 0.255 e. The fourth-order valence-electron chi connectivity index (χ4n) is 4.15. The van der Waals surface area contributed by atoms with Gasteiger partial charge in [0.2, 0.25) is 0 Å². The second-order valence-corrected chi connectivity index (χ2v) is 8.31. The van der Waals surface area contributed by atoms with Gasteiger partial charge < -0.3 is 15.0 Å². The molecule has 0 aliphatic carbocycles. The average Bonchev–Trinajstić information content (AvgIpc) is 3.26. The summed E-state index contributed by atoms with van der Waals surface area (Å²) in [6.07, 6.45) is 3.98. The molecule has 2 unspecified atom stereocenters. The Morgan fingerprint density at radius 3 is 2.45 bits per heavy atom. The van der Waals surface area contributed by atoms with Gasteiger partial charge in [0, 0.05) is 31.4 Å². The van der Waals surface area contributed by atoms with Gasteiger partial charge in [0.05, 0.1) is 29.7 Å². The number of hydrogen-bond donors (Lipinski definition) is 1. The minimum Gasteiger partial charge on any atom is -0.372 e. The van der Waals surface area contributed by atoms with E-state index < -0.39 is 0 Å². The van der Waals surface area contributed by atoms with E-state index in [1.807, 2.05) is 68.1 Å². The highest BCUT2D eigenvalue weighted by Gasteiger charge is 2.26. The number of aromatic nitrogens is 3. The third-order valence-corrected chi connectivity index (χ3v) is 5.68. The summed E-state index contributed by atoms with van der Waals surface area (Å²) in [5.41, 5.74) is 2.89. The van der Waals surface area contributed by atoms with Crippen LogP contribution in [0, 0.1) is 0 Å². The van der Waals surface area contributed by atoms with E-state index in [1.54, 1.807) is 17.1 Å². The maximum atomic E-state index is 12.8. The molecule has 2 atom stereocenters. The number of nitrogens with one attached hydrogen (secondary N) is 1. The lowest BCUT2D eigenvalue weighted by molar-refractivity contribution is -0.0586. The van der Waals surface area contributed by atoms with Gasteiger partial charge in [0.1, 0.15) is 0 Å². The summed E-state index contributed by atoms with van der Waals surface area (Å²) in [6.45, 7) is 7.48. The van der Waals surface area contributed by atoms with E-state index in [0.717, 1.165) is 11.3 Å². The first kappa shape index (κ1) is 22.7. The first-order valence-electron chi connectivity index (χ1n) is 11.3. The Morgan fingerprint density at radius 2 is 1.82 bits per heavy atom. The van der Waals surface area contributed by atoms with E-state index in [9.17, 15) is 9.59 Å². The minimum absolute atomic E-state index is 0.00195. The number of benzene rings is 1. The van der Waals surface area contributed by atoms with Crippen molar-refractivity contribution in [2.75, 3.05) is 13.1 Å². The molecule has 1 fully saturated rings. The fraction of sp³-hybridized carbons (Fsp3) is 0.360. The van der Waals surface area contributed by atoms with Gasteiger partial charge >= 0.3 is 0 Å². The SMILES string of the molecule is CCc1c(C(=O)NCc2ccc(C(=O)N3CC(C)OC(C)C3)cc2)cnn1-c1ccccn1. The van der Waals surface area contributed by atoms with Crippen LogP contribution in [0.2, 0.25) is 0 Å². The summed E-state index contributed by atoms with van der Waals surface area (Å²) < 4.78 is 7.41. The molecule has 0 saturated carbocycles. The Balaban J connectivity index is 1.39. The molecule has 172 valence electrons. The lowest BCUT2D eigenvalue weighted by Crippen LogP contribution is -2.48. The molecule has 2 aromatic heterocycles. The zero-order chi connectivity index (χ0) is 23.4. The lowest BCUT2D eigenvalue weighted by atomic mass is 10.1. The largest absolute Gasteiger partial charge is 0.372 e. The van der Waals surface area contributed by atoms with Gasteiger partial charge in [0.25, 0.3) is 11.8 Å². The van der Waals surface area contributed by atoms with E-state index in [0.29, 0.717) is 43.0 Å². The number of hydrogen-bond acceptors (Lipinski definition) is 5. The van der Waals surface area contributed by atoms with Crippen LogP contribution in [0.3, 0.4) is 0 Å². The number of morpholine rings is 1. The number of pyridine rings is 1. The van der Waals surface area contributed by atoms with Crippen LogP contribution in [-0.2, 0) is 17.7 Å². The van der Waals surface area contributed by atoms with E-state index >= 15 is 0 Å². The number of amides is 2. The standard InChI is InChI=1S/C25H29N5O3/c1-4-22-21(14-28-30(22)23-7-5-6-12-26-23)24(31)27-13-19-8-10-20(11-9-19)25(32)29-15-17(2)33-18(3)16-29/h5-12,14,17-18H,4,13,15-16H2,1-3H3,(H,27,31). The second-order valence-electron chi connectivity index (χ2n) is 8.31. The molecule has 1 N–H and O–H groups in total. The van der Waals surface area contributed by atoms with E-state index in [4.69, 9.17) is 4.74 Å². The number of nitrogens with zero attached hydrogens (tertiary/aromatic N) is 4. The molecule has 0 radical (unpaired) electrons. The van der Waals surface area contributed by atoms with Gasteiger partial charge in [-0.25, -0.2) is 9.67 Å². The first-order chi connectivity index (χ1) is 16.0. The highest BCUT2D eigenvalue weighted by Crippen LogP contribution is 2.16. The van der Waals surface area contributed by atoms with Crippen LogP contribution in [0.4, 0.5) is 0 Å². The van der Waals surface area contributed by atoms with Crippen LogP contribution >= 0.6 is 0 Å². The second kappa shape index (κ2) is 9.95. The van der Waals surface area contributed by atoms with Crippen molar-refractivity contribution in [1.82, 2.24) is 25.0 Å². The Labute approximate surface area is 193 Å². The van der Waals surface area contributed by atoms with Crippen molar-refractivity contribution in [3.8, 4) is 5.82 Å². The molecule has 33 heavy (non-hydrogen) atoms. The molecule has 3 heterocycles. The third kappa shape index (κ3) is 5.12. The molecule has 3 aromatic rings. The van der Waals surface area contributed by atoms with Crippen LogP contribution in [-0.4, -0.2) is 56.8 Å². The number of carbonyl (C=O) groups is 2. The normalized spacial score (nSPS) is 18.2. The highest BCUT2D eigenvalue weighted by atomic mass is 16.5. The topological polar surface area (TPSA) is 89.4 Å².